The Bertz CT molecular complexity index is 745. The largest absolute Gasteiger partial charge is 0.497 e. The number of hydrogen-bond donors (Lipinski definition) is 0. The summed E-state index contributed by atoms with van der Waals surface area (Å²) in [5.41, 5.74) is 4.22. The monoisotopic (exact) mass is 321 g/mol. The fourth-order valence-electron chi connectivity index (χ4n) is 3.98. The van der Waals surface area contributed by atoms with E-state index >= 15 is 0 Å². The third kappa shape index (κ3) is 2.68. The molecular weight excluding hydrogens is 298 g/mol. The minimum atomic E-state index is 0.0642. The van der Waals surface area contributed by atoms with Crippen molar-refractivity contribution in [1.29, 1.82) is 0 Å². The lowest BCUT2D eigenvalue weighted by Crippen LogP contribution is -2.22. The number of hydrogen-bond acceptors (Lipinski definition) is 2. The molecule has 1 heterocycles. The zero-order valence-corrected chi connectivity index (χ0v) is 14.1. The van der Waals surface area contributed by atoms with Gasteiger partial charge in [-0.1, -0.05) is 37.5 Å². The number of anilines is 1. The van der Waals surface area contributed by atoms with Crippen LogP contribution in [0.2, 0.25) is 0 Å². The molecule has 0 unspecified atom stereocenters. The minimum Gasteiger partial charge on any atom is -0.497 e. The molecule has 0 aromatic heterocycles. The number of carbonyl (C=O) groups is 1. The van der Waals surface area contributed by atoms with Crippen LogP contribution in [-0.4, -0.2) is 13.0 Å². The number of methoxy groups -OCH3 is 1. The van der Waals surface area contributed by atoms with Gasteiger partial charge in [0.1, 0.15) is 5.75 Å². The van der Waals surface area contributed by atoms with Crippen molar-refractivity contribution in [2.24, 2.45) is 0 Å². The first kappa shape index (κ1) is 15.3. The molecule has 2 aromatic carbocycles. The van der Waals surface area contributed by atoms with Crippen LogP contribution in [0.4, 0.5) is 5.69 Å². The van der Waals surface area contributed by atoms with Gasteiger partial charge in [0.15, 0.2) is 0 Å². The lowest BCUT2D eigenvalue weighted by atomic mass is 9.84. The highest BCUT2D eigenvalue weighted by molar-refractivity contribution is 6.10. The molecule has 0 N–H and O–H groups in total. The van der Waals surface area contributed by atoms with E-state index in [9.17, 15) is 4.79 Å². The molecule has 0 atom stereocenters. The normalized spacial score (nSPS) is 17.9. The quantitative estimate of drug-likeness (QED) is 0.804. The summed E-state index contributed by atoms with van der Waals surface area (Å²) in [6, 6.07) is 14.4. The van der Waals surface area contributed by atoms with Crippen LogP contribution in [0.15, 0.2) is 42.5 Å². The summed E-state index contributed by atoms with van der Waals surface area (Å²) in [5, 5.41) is 0. The smallest absolute Gasteiger partial charge is 0.259 e. The third-order valence-electron chi connectivity index (χ3n) is 5.40. The molecule has 124 valence electrons. The molecule has 1 fully saturated rings. The third-order valence-corrected chi connectivity index (χ3v) is 5.40. The molecule has 3 nitrogen and oxygen atoms in total. The molecule has 1 aliphatic heterocycles. The number of nitrogens with zero attached hydrogens (tertiary/aromatic N) is 1. The molecule has 1 saturated carbocycles. The zero-order chi connectivity index (χ0) is 16.5. The van der Waals surface area contributed by atoms with E-state index in [1.54, 1.807) is 7.11 Å². The van der Waals surface area contributed by atoms with Gasteiger partial charge in [0.05, 0.1) is 13.7 Å². The number of amides is 1. The molecule has 0 bridgehead atoms. The lowest BCUT2D eigenvalue weighted by molar-refractivity contribution is 0.0996. The Labute approximate surface area is 143 Å². The topological polar surface area (TPSA) is 29.5 Å². The van der Waals surface area contributed by atoms with Crippen LogP contribution in [-0.2, 0) is 6.54 Å². The van der Waals surface area contributed by atoms with Crippen molar-refractivity contribution < 1.29 is 9.53 Å². The standard InChI is InChI=1S/C21H23NO2/c1-24-19-12-9-17-14-22(21(23)20(17)13-19)18-10-7-16(8-11-18)15-5-3-2-4-6-15/h7-13,15H,2-6,14H2,1H3. The maximum absolute atomic E-state index is 12.7. The molecule has 1 amide bonds. The Morgan fingerprint density at radius 3 is 2.46 bits per heavy atom. The van der Waals surface area contributed by atoms with Crippen LogP contribution >= 0.6 is 0 Å². The number of ether oxygens (including phenoxy) is 1. The zero-order valence-electron chi connectivity index (χ0n) is 14.1. The van der Waals surface area contributed by atoms with Gasteiger partial charge in [-0.25, -0.2) is 0 Å². The molecule has 0 spiro atoms. The molecule has 0 radical (unpaired) electrons. The lowest BCUT2D eigenvalue weighted by Gasteiger charge is -2.23. The van der Waals surface area contributed by atoms with Crippen LogP contribution < -0.4 is 9.64 Å². The van der Waals surface area contributed by atoms with Gasteiger partial charge in [-0.3, -0.25) is 4.79 Å². The number of carbonyl (C=O) groups excluding carboxylic acids is 1. The van der Waals surface area contributed by atoms with E-state index in [-0.39, 0.29) is 5.91 Å². The minimum absolute atomic E-state index is 0.0642. The predicted molar refractivity (Wildman–Crippen MR) is 95.8 cm³/mol. The summed E-state index contributed by atoms with van der Waals surface area (Å²) >= 11 is 0. The fraction of sp³-hybridized carbons (Fsp3) is 0.381. The van der Waals surface area contributed by atoms with Gasteiger partial charge in [0, 0.05) is 11.3 Å². The van der Waals surface area contributed by atoms with Crippen molar-refractivity contribution in [2.75, 3.05) is 12.0 Å². The summed E-state index contributed by atoms with van der Waals surface area (Å²) in [6.07, 6.45) is 6.65. The Hall–Kier alpha value is -2.29. The van der Waals surface area contributed by atoms with Crippen LogP contribution in [0, 0.1) is 0 Å². The van der Waals surface area contributed by atoms with Crippen molar-refractivity contribution in [3.8, 4) is 5.75 Å². The fourth-order valence-corrected chi connectivity index (χ4v) is 3.98. The van der Waals surface area contributed by atoms with E-state index < -0.39 is 0 Å². The van der Waals surface area contributed by atoms with E-state index in [1.807, 2.05) is 23.1 Å². The van der Waals surface area contributed by atoms with Crippen LogP contribution in [0.25, 0.3) is 0 Å². The molecule has 0 saturated heterocycles. The molecule has 24 heavy (non-hydrogen) atoms. The van der Waals surface area contributed by atoms with Crippen molar-refractivity contribution in [2.45, 2.75) is 44.6 Å². The van der Waals surface area contributed by atoms with Crippen molar-refractivity contribution in [1.82, 2.24) is 0 Å². The average Bonchev–Trinajstić information content (AvgIpc) is 2.99. The Kier molecular flexibility index (Phi) is 4.01. The van der Waals surface area contributed by atoms with Gasteiger partial charge in [-0.2, -0.15) is 0 Å². The number of fused-ring (bicyclic) bond motifs is 1. The number of rotatable bonds is 3. The van der Waals surface area contributed by atoms with Gasteiger partial charge in [-0.05, 0) is 54.2 Å². The average molecular weight is 321 g/mol. The second-order valence-electron chi connectivity index (χ2n) is 6.84. The van der Waals surface area contributed by atoms with Gasteiger partial charge in [-0.15, -0.1) is 0 Å². The Morgan fingerprint density at radius 2 is 1.75 bits per heavy atom. The second kappa shape index (κ2) is 6.31. The maximum atomic E-state index is 12.7. The SMILES string of the molecule is COc1ccc2c(c1)C(=O)N(c1ccc(C3CCCCC3)cc1)C2. The second-order valence-corrected chi connectivity index (χ2v) is 6.84. The van der Waals surface area contributed by atoms with E-state index in [1.165, 1.54) is 37.7 Å². The Balaban J connectivity index is 1.55. The summed E-state index contributed by atoms with van der Waals surface area (Å²) in [5.74, 6) is 1.49. The first-order valence-corrected chi connectivity index (χ1v) is 8.85. The highest BCUT2D eigenvalue weighted by Crippen LogP contribution is 2.35. The summed E-state index contributed by atoms with van der Waals surface area (Å²) in [7, 11) is 1.63. The molecule has 1 aliphatic carbocycles. The van der Waals surface area contributed by atoms with E-state index in [2.05, 4.69) is 24.3 Å². The molecule has 3 heteroatoms. The maximum Gasteiger partial charge on any atom is 0.259 e. The summed E-state index contributed by atoms with van der Waals surface area (Å²) < 4.78 is 5.24. The molecule has 4 rings (SSSR count). The van der Waals surface area contributed by atoms with Crippen LogP contribution in [0.1, 0.15) is 59.5 Å². The van der Waals surface area contributed by atoms with Crippen molar-refractivity contribution in [3.63, 3.8) is 0 Å². The predicted octanol–water partition coefficient (Wildman–Crippen LogP) is 4.90. The van der Waals surface area contributed by atoms with Gasteiger partial charge < -0.3 is 9.64 Å². The van der Waals surface area contributed by atoms with E-state index in [0.717, 1.165) is 22.6 Å². The van der Waals surface area contributed by atoms with Crippen molar-refractivity contribution >= 4 is 11.6 Å². The highest BCUT2D eigenvalue weighted by Gasteiger charge is 2.29. The first-order valence-electron chi connectivity index (χ1n) is 8.85. The van der Waals surface area contributed by atoms with Gasteiger partial charge >= 0.3 is 0 Å². The van der Waals surface area contributed by atoms with Crippen LogP contribution in [0.5, 0.6) is 5.75 Å². The molecule has 2 aliphatic rings. The molecular formula is C21H23NO2. The highest BCUT2D eigenvalue weighted by atomic mass is 16.5. The summed E-state index contributed by atoms with van der Waals surface area (Å²) in [6.45, 7) is 0.640. The van der Waals surface area contributed by atoms with E-state index in [0.29, 0.717) is 12.5 Å². The Morgan fingerprint density at radius 1 is 1.00 bits per heavy atom. The number of benzene rings is 2. The van der Waals surface area contributed by atoms with Gasteiger partial charge in [0.25, 0.3) is 5.91 Å². The molecule has 2 aromatic rings. The van der Waals surface area contributed by atoms with Gasteiger partial charge in [0.2, 0.25) is 0 Å². The first-order chi connectivity index (χ1) is 11.8. The van der Waals surface area contributed by atoms with Crippen LogP contribution in [0.3, 0.4) is 0 Å². The summed E-state index contributed by atoms with van der Waals surface area (Å²) in [4.78, 5) is 14.6. The van der Waals surface area contributed by atoms with Crippen molar-refractivity contribution in [3.05, 3.63) is 59.2 Å². The van der Waals surface area contributed by atoms with E-state index in [4.69, 9.17) is 4.74 Å².